The molecule has 0 aromatic rings. The Hall–Kier alpha value is -0.0700. The largest absolute Gasteiger partial charge is 0.316 e. The van der Waals surface area contributed by atoms with Crippen molar-refractivity contribution in [3.63, 3.8) is 0 Å². The van der Waals surface area contributed by atoms with Gasteiger partial charge in [-0.05, 0) is 18.9 Å². The fourth-order valence-corrected chi connectivity index (χ4v) is 0.776. The molecular formula is C7H17N2P. The van der Waals surface area contributed by atoms with E-state index in [1.807, 2.05) is 26.2 Å². The lowest BCUT2D eigenvalue weighted by Gasteiger charge is -2.22. The van der Waals surface area contributed by atoms with Crippen LogP contribution in [0, 0.1) is 0 Å². The first-order valence-corrected chi connectivity index (χ1v) is 4.84. The zero-order valence-electron chi connectivity index (χ0n) is 7.47. The van der Waals surface area contributed by atoms with Crippen molar-refractivity contribution in [3.8, 4) is 0 Å². The Kier molecular flexibility index (Phi) is 4.67. The molecule has 0 saturated carbocycles. The Labute approximate surface area is 65.6 Å². The van der Waals surface area contributed by atoms with E-state index in [0.717, 1.165) is 8.58 Å². The van der Waals surface area contributed by atoms with Crippen LogP contribution in [0.5, 0.6) is 0 Å². The molecular weight excluding hydrogens is 143 g/mol. The zero-order valence-corrected chi connectivity index (χ0v) is 8.47. The Morgan fingerprint density at radius 2 is 1.80 bits per heavy atom. The van der Waals surface area contributed by atoms with Crippen molar-refractivity contribution in [2.24, 2.45) is 0 Å². The predicted molar refractivity (Wildman–Crippen MR) is 49.4 cm³/mol. The summed E-state index contributed by atoms with van der Waals surface area (Å²) >= 11 is 0. The quantitative estimate of drug-likeness (QED) is 0.456. The standard InChI is InChI=1S/C7H17N2P/c1-7(10-5)6-9(4)8(2)3/h6,10H,1-5H3/b7-6-. The van der Waals surface area contributed by atoms with Crippen LogP contribution < -0.4 is 0 Å². The molecule has 0 aliphatic carbocycles. The van der Waals surface area contributed by atoms with E-state index in [0.29, 0.717) is 0 Å². The first-order valence-electron chi connectivity index (χ1n) is 3.34. The second-order valence-electron chi connectivity index (χ2n) is 2.48. The topological polar surface area (TPSA) is 6.48 Å². The molecule has 10 heavy (non-hydrogen) atoms. The van der Waals surface area contributed by atoms with E-state index >= 15 is 0 Å². The van der Waals surface area contributed by atoms with Crippen molar-refractivity contribution in [2.45, 2.75) is 6.92 Å². The van der Waals surface area contributed by atoms with Crippen LogP contribution in [0.15, 0.2) is 11.5 Å². The van der Waals surface area contributed by atoms with Crippen molar-refractivity contribution in [2.75, 3.05) is 27.8 Å². The van der Waals surface area contributed by atoms with Gasteiger partial charge in [0.15, 0.2) is 0 Å². The summed E-state index contributed by atoms with van der Waals surface area (Å²) in [7, 11) is 7.02. The Bertz CT molecular complexity index is 121. The lowest BCUT2D eigenvalue weighted by atomic mass is 10.7. The first-order chi connectivity index (χ1) is 4.57. The van der Waals surface area contributed by atoms with Gasteiger partial charge in [-0.3, -0.25) is 0 Å². The van der Waals surface area contributed by atoms with Crippen molar-refractivity contribution < 1.29 is 0 Å². The average Bonchev–Trinajstić information content (AvgIpc) is 1.87. The normalized spacial score (nSPS) is 13.6. The summed E-state index contributed by atoms with van der Waals surface area (Å²) in [6.07, 6.45) is 2.15. The van der Waals surface area contributed by atoms with Gasteiger partial charge in [0.2, 0.25) is 0 Å². The summed E-state index contributed by atoms with van der Waals surface area (Å²) in [5.74, 6) is 0. The molecule has 1 atom stereocenters. The molecule has 0 aromatic heterocycles. The van der Waals surface area contributed by atoms with Crippen LogP contribution in [0.4, 0.5) is 0 Å². The summed E-state index contributed by atoms with van der Waals surface area (Å²) in [4.78, 5) is 0. The minimum Gasteiger partial charge on any atom is -0.316 e. The number of hydrogen-bond acceptors (Lipinski definition) is 2. The monoisotopic (exact) mass is 160 g/mol. The Balaban J connectivity index is 3.86. The summed E-state index contributed by atoms with van der Waals surface area (Å²) in [6, 6.07) is 0. The lowest BCUT2D eigenvalue weighted by molar-refractivity contribution is 0.116. The summed E-state index contributed by atoms with van der Waals surface area (Å²) in [6.45, 7) is 4.34. The van der Waals surface area contributed by atoms with E-state index < -0.39 is 0 Å². The molecule has 0 aromatic carbocycles. The van der Waals surface area contributed by atoms with E-state index in [1.165, 1.54) is 5.31 Å². The molecule has 0 radical (unpaired) electrons. The zero-order chi connectivity index (χ0) is 8.15. The van der Waals surface area contributed by atoms with Gasteiger partial charge in [0.25, 0.3) is 0 Å². The highest BCUT2D eigenvalue weighted by molar-refractivity contribution is 7.42. The molecule has 0 rings (SSSR count). The van der Waals surface area contributed by atoms with Crippen LogP contribution in [0.3, 0.4) is 0 Å². The third-order valence-corrected chi connectivity index (χ3v) is 2.32. The van der Waals surface area contributed by atoms with Crippen LogP contribution in [0.25, 0.3) is 0 Å². The van der Waals surface area contributed by atoms with E-state index in [1.54, 1.807) is 0 Å². The van der Waals surface area contributed by atoms with E-state index in [9.17, 15) is 0 Å². The maximum Gasteiger partial charge on any atom is 0.0227 e. The molecule has 0 heterocycles. The summed E-state index contributed by atoms with van der Waals surface area (Å²) in [5, 5.41) is 5.55. The SMILES string of the molecule is CP/C(C)=C\N(C)N(C)C. The van der Waals surface area contributed by atoms with Gasteiger partial charge in [-0.15, -0.1) is 0 Å². The summed E-state index contributed by atoms with van der Waals surface area (Å²) < 4.78 is 0. The first kappa shape index (κ1) is 9.93. The molecule has 1 unspecified atom stereocenters. The average molecular weight is 160 g/mol. The van der Waals surface area contributed by atoms with Gasteiger partial charge in [0, 0.05) is 27.3 Å². The molecule has 0 saturated heterocycles. The molecule has 0 spiro atoms. The minimum atomic E-state index is 0.910. The maximum absolute atomic E-state index is 2.19. The smallest absolute Gasteiger partial charge is 0.0227 e. The van der Waals surface area contributed by atoms with Gasteiger partial charge < -0.3 is 5.01 Å². The molecule has 2 nitrogen and oxygen atoms in total. The number of nitrogens with zero attached hydrogens (tertiary/aromatic N) is 2. The molecule has 0 aliphatic rings. The predicted octanol–water partition coefficient (Wildman–Crippen LogP) is 1.56. The van der Waals surface area contributed by atoms with Crippen LogP contribution in [0.1, 0.15) is 6.92 Å². The molecule has 3 heteroatoms. The molecule has 0 bridgehead atoms. The van der Waals surface area contributed by atoms with Crippen molar-refractivity contribution in [1.82, 2.24) is 10.0 Å². The Morgan fingerprint density at radius 3 is 2.10 bits per heavy atom. The van der Waals surface area contributed by atoms with Gasteiger partial charge in [-0.1, -0.05) is 8.58 Å². The summed E-state index contributed by atoms with van der Waals surface area (Å²) in [5.41, 5.74) is 0. The van der Waals surface area contributed by atoms with Crippen molar-refractivity contribution in [3.05, 3.63) is 11.5 Å². The molecule has 0 N–H and O–H groups in total. The van der Waals surface area contributed by atoms with Gasteiger partial charge in [0.1, 0.15) is 0 Å². The number of hydrogen-bond donors (Lipinski definition) is 0. The van der Waals surface area contributed by atoms with Crippen LogP contribution in [-0.4, -0.2) is 37.8 Å². The van der Waals surface area contributed by atoms with Crippen LogP contribution >= 0.6 is 8.58 Å². The minimum absolute atomic E-state index is 0.910. The van der Waals surface area contributed by atoms with Gasteiger partial charge >= 0.3 is 0 Å². The van der Waals surface area contributed by atoms with Crippen LogP contribution in [0.2, 0.25) is 0 Å². The maximum atomic E-state index is 2.19. The fourth-order valence-electron chi connectivity index (χ4n) is 0.460. The van der Waals surface area contributed by atoms with E-state index in [-0.39, 0.29) is 0 Å². The van der Waals surface area contributed by atoms with E-state index in [2.05, 4.69) is 24.8 Å². The lowest BCUT2D eigenvalue weighted by Crippen LogP contribution is -2.28. The number of rotatable bonds is 3. The van der Waals surface area contributed by atoms with Crippen molar-refractivity contribution >= 4 is 8.58 Å². The van der Waals surface area contributed by atoms with Gasteiger partial charge in [-0.2, -0.15) is 0 Å². The molecule has 0 aliphatic heterocycles. The third kappa shape index (κ3) is 3.86. The molecule has 0 amide bonds. The highest BCUT2D eigenvalue weighted by Crippen LogP contribution is 2.17. The van der Waals surface area contributed by atoms with Gasteiger partial charge in [-0.25, -0.2) is 5.01 Å². The number of hydrazine groups is 1. The molecule has 0 fully saturated rings. The number of allylic oxidation sites excluding steroid dienone is 1. The third-order valence-electron chi connectivity index (χ3n) is 1.41. The van der Waals surface area contributed by atoms with E-state index in [4.69, 9.17) is 0 Å². The van der Waals surface area contributed by atoms with Crippen molar-refractivity contribution in [1.29, 1.82) is 0 Å². The second-order valence-corrected chi connectivity index (χ2v) is 3.77. The molecule has 60 valence electrons. The Morgan fingerprint density at radius 1 is 1.30 bits per heavy atom. The van der Waals surface area contributed by atoms with Gasteiger partial charge in [0.05, 0.1) is 0 Å². The second kappa shape index (κ2) is 4.70. The fraction of sp³-hybridized carbons (Fsp3) is 0.714. The highest BCUT2D eigenvalue weighted by atomic mass is 31.1. The highest BCUT2D eigenvalue weighted by Gasteiger charge is 1.92. The van der Waals surface area contributed by atoms with Crippen LogP contribution in [-0.2, 0) is 0 Å².